The topological polar surface area (TPSA) is 24.9 Å². The molecule has 1 heterocycles. The fourth-order valence-electron chi connectivity index (χ4n) is 1.15. The molecule has 76 valence electrons. The predicted octanol–water partition coefficient (Wildman–Crippen LogP) is 2.48. The largest absolute Gasteiger partial charge is 0.314 e. The van der Waals surface area contributed by atoms with E-state index in [1.165, 1.54) is 0 Å². The Hall–Kier alpha value is -1.15. The van der Waals surface area contributed by atoms with Crippen LogP contribution in [0.1, 0.15) is 25.8 Å². The summed E-state index contributed by atoms with van der Waals surface area (Å²) in [6.07, 6.45) is 9.00. The van der Waals surface area contributed by atoms with Crippen LogP contribution in [0.25, 0.3) is 6.08 Å². The van der Waals surface area contributed by atoms with Crippen LogP contribution in [0.2, 0.25) is 0 Å². The summed E-state index contributed by atoms with van der Waals surface area (Å²) in [5.41, 5.74) is 1.16. The van der Waals surface area contributed by atoms with Crippen molar-refractivity contribution >= 4 is 6.08 Å². The number of nitrogens with zero attached hydrogens (tertiary/aromatic N) is 1. The monoisotopic (exact) mass is 190 g/mol. The fourth-order valence-corrected chi connectivity index (χ4v) is 1.15. The van der Waals surface area contributed by atoms with Crippen molar-refractivity contribution in [2.24, 2.45) is 0 Å². The zero-order valence-corrected chi connectivity index (χ0v) is 8.90. The molecule has 14 heavy (non-hydrogen) atoms. The summed E-state index contributed by atoms with van der Waals surface area (Å²) in [4.78, 5) is 4.04. The second-order valence-corrected chi connectivity index (χ2v) is 3.59. The van der Waals surface area contributed by atoms with Gasteiger partial charge in [0.15, 0.2) is 0 Å². The lowest BCUT2D eigenvalue weighted by molar-refractivity contribution is 0.595. The first kappa shape index (κ1) is 10.9. The van der Waals surface area contributed by atoms with E-state index in [4.69, 9.17) is 0 Å². The third-order valence-corrected chi connectivity index (χ3v) is 1.86. The highest BCUT2D eigenvalue weighted by molar-refractivity contribution is 5.47. The predicted molar refractivity (Wildman–Crippen MR) is 61.0 cm³/mol. The molecule has 0 unspecified atom stereocenters. The number of nitrogens with one attached hydrogen (secondary N) is 1. The van der Waals surface area contributed by atoms with Crippen LogP contribution in [-0.4, -0.2) is 17.6 Å². The summed E-state index contributed by atoms with van der Waals surface area (Å²) in [5.74, 6) is 0. The highest BCUT2D eigenvalue weighted by Gasteiger charge is 1.88. The van der Waals surface area contributed by atoms with Gasteiger partial charge < -0.3 is 5.32 Å². The summed E-state index contributed by atoms with van der Waals surface area (Å²) < 4.78 is 0. The third kappa shape index (κ3) is 4.77. The van der Waals surface area contributed by atoms with Gasteiger partial charge in [-0.3, -0.25) is 4.98 Å². The van der Waals surface area contributed by atoms with E-state index in [1.54, 1.807) is 6.20 Å². The minimum absolute atomic E-state index is 0.571. The van der Waals surface area contributed by atoms with Crippen LogP contribution in [0, 0.1) is 0 Å². The first-order valence-electron chi connectivity index (χ1n) is 5.09. The van der Waals surface area contributed by atoms with Gasteiger partial charge in [-0.25, -0.2) is 0 Å². The normalized spacial score (nSPS) is 11.4. The lowest BCUT2D eigenvalue weighted by atomic mass is 10.2. The van der Waals surface area contributed by atoms with Gasteiger partial charge in [0.1, 0.15) is 0 Å². The number of pyridine rings is 1. The Kier molecular flexibility index (Phi) is 4.94. The molecule has 2 heteroatoms. The first-order chi connectivity index (χ1) is 6.79. The molecule has 0 aliphatic heterocycles. The second-order valence-electron chi connectivity index (χ2n) is 3.59. The van der Waals surface area contributed by atoms with Crippen LogP contribution in [0.15, 0.2) is 30.6 Å². The Morgan fingerprint density at radius 2 is 2.36 bits per heavy atom. The first-order valence-corrected chi connectivity index (χ1v) is 5.09. The van der Waals surface area contributed by atoms with Gasteiger partial charge in [0, 0.05) is 18.4 Å². The zero-order valence-electron chi connectivity index (χ0n) is 8.90. The molecule has 1 rings (SSSR count). The van der Waals surface area contributed by atoms with E-state index >= 15 is 0 Å². The minimum Gasteiger partial charge on any atom is -0.314 e. The van der Waals surface area contributed by atoms with Crippen molar-refractivity contribution in [2.75, 3.05) is 6.54 Å². The Bertz CT molecular complexity index is 265. The lowest BCUT2D eigenvalue weighted by Crippen LogP contribution is -2.23. The maximum absolute atomic E-state index is 4.04. The van der Waals surface area contributed by atoms with Gasteiger partial charge >= 0.3 is 0 Å². The summed E-state index contributed by atoms with van der Waals surface area (Å²) in [6.45, 7) is 5.35. The summed E-state index contributed by atoms with van der Waals surface area (Å²) in [5, 5.41) is 3.36. The molecule has 1 N–H and O–H groups in total. The zero-order chi connectivity index (χ0) is 10.2. The molecule has 0 spiro atoms. The van der Waals surface area contributed by atoms with Gasteiger partial charge in [-0.2, -0.15) is 0 Å². The molecule has 2 nitrogen and oxygen atoms in total. The van der Waals surface area contributed by atoms with Crippen LogP contribution in [0.4, 0.5) is 0 Å². The fraction of sp³-hybridized carbons (Fsp3) is 0.417. The van der Waals surface area contributed by atoms with Crippen molar-refractivity contribution in [3.05, 3.63) is 36.2 Å². The van der Waals surface area contributed by atoms with Crippen LogP contribution in [-0.2, 0) is 0 Å². The highest BCUT2D eigenvalue weighted by Crippen LogP contribution is 1.99. The molecule has 1 aromatic heterocycles. The van der Waals surface area contributed by atoms with E-state index in [0.717, 1.165) is 18.5 Å². The Balaban J connectivity index is 2.21. The molecule has 0 bridgehead atoms. The average Bonchev–Trinajstić information content (AvgIpc) is 2.18. The van der Waals surface area contributed by atoms with Gasteiger partial charge in [-0.05, 0) is 24.6 Å². The highest BCUT2D eigenvalue weighted by atomic mass is 14.9. The van der Waals surface area contributed by atoms with E-state index < -0.39 is 0 Å². The summed E-state index contributed by atoms with van der Waals surface area (Å²) >= 11 is 0. The van der Waals surface area contributed by atoms with Gasteiger partial charge in [-0.15, -0.1) is 0 Å². The molecule has 0 radical (unpaired) electrons. The quantitative estimate of drug-likeness (QED) is 0.721. The van der Waals surface area contributed by atoms with Crippen molar-refractivity contribution in [3.8, 4) is 0 Å². The molecule has 0 amide bonds. The molecule has 0 saturated carbocycles. The van der Waals surface area contributed by atoms with E-state index in [1.807, 2.05) is 12.3 Å². The van der Waals surface area contributed by atoms with Crippen LogP contribution < -0.4 is 5.32 Å². The number of hydrogen-bond donors (Lipinski definition) is 1. The minimum atomic E-state index is 0.571. The number of hydrogen-bond acceptors (Lipinski definition) is 2. The molecular formula is C12H18N2. The van der Waals surface area contributed by atoms with Crippen molar-refractivity contribution in [3.63, 3.8) is 0 Å². The molecule has 0 atom stereocenters. The van der Waals surface area contributed by atoms with Crippen molar-refractivity contribution in [1.29, 1.82) is 0 Å². The van der Waals surface area contributed by atoms with E-state index in [9.17, 15) is 0 Å². The van der Waals surface area contributed by atoms with E-state index in [2.05, 4.69) is 42.4 Å². The van der Waals surface area contributed by atoms with Crippen molar-refractivity contribution in [2.45, 2.75) is 26.3 Å². The van der Waals surface area contributed by atoms with Crippen LogP contribution >= 0.6 is 0 Å². The standard InChI is InChI=1S/C12H18N2/c1-11(2)14-9-4-3-6-12-7-5-8-13-10-12/h3,5-8,10-11,14H,4,9H2,1-2H3/b6-3+. The van der Waals surface area contributed by atoms with Gasteiger partial charge in [0.05, 0.1) is 0 Å². The van der Waals surface area contributed by atoms with Crippen molar-refractivity contribution in [1.82, 2.24) is 10.3 Å². The van der Waals surface area contributed by atoms with E-state index in [0.29, 0.717) is 6.04 Å². The van der Waals surface area contributed by atoms with Crippen molar-refractivity contribution < 1.29 is 0 Å². The second kappa shape index (κ2) is 6.33. The van der Waals surface area contributed by atoms with Gasteiger partial charge in [0.25, 0.3) is 0 Å². The molecule has 0 aromatic carbocycles. The number of rotatable bonds is 5. The molecular weight excluding hydrogens is 172 g/mol. The summed E-state index contributed by atoms with van der Waals surface area (Å²) in [7, 11) is 0. The lowest BCUT2D eigenvalue weighted by Gasteiger charge is -2.04. The van der Waals surface area contributed by atoms with Gasteiger partial charge in [-0.1, -0.05) is 32.1 Å². The smallest absolute Gasteiger partial charge is 0.0340 e. The average molecular weight is 190 g/mol. The molecule has 0 aliphatic rings. The number of aromatic nitrogens is 1. The SMILES string of the molecule is CC(C)NCC/C=C/c1cccnc1. The Morgan fingerprint density at radius 3 is 3.00 bits per heavy atom. The van der Waals surface area contributed by atoms with Gasteiger partial charge in [0.2, 0.25) is 0 Å². The summed E-state index contributed by atoms with van der Waals surface area (Å²) in [6, 6.07) is 4.58. The molecule has 0 fully saturated rings. The van der Waals surface area contributed by atoms with E-state index in [-0.39, 0.29) is 0 Å². The Morgan fingerprint density at radius 1 is 1.50 bits per heavy atom. The van der Waals surface area contributed by atoms with Crippen LogP contribution in [0.3, 0.4) is 0 Å². The maximum atomic E-state index is 4.04. The third-order valence-electron chi connectivity index (χ3n) is 1.86. The molecule has 0 aliphatic carbocycles. The van der Waals surface area contributed by atoms with Crippen LogP contribution in [0.5, 0.6) is 0 Å². The molecule has 1 aromatic rings. The molecule has 0 saturated heterocycles. The maximum Gasteiger partial charge on any atom is 0.0340 e. The Labute approximate surface area is 86.1 Å².